The van der Waals surface area contributed by atoms with Crippen LogP contribution in [0, 0.1) is 0 Å². The molecule has 17 heavy (non-hydrogen) atoms. The minimum atomic E-state index is -0.481. The third-order valence-corrected chi connectivity index (χ3v) is 2.37. The van der Waals surface area contributed by atoms with Crippen LogP contribution in [0.2, 0.25) is 0 Å². The summed E-state index contributed by atoms with van der Waals surface area (Å²) >= 11 is 3.35. The highest BCUT2D eigenvalue weighted by Gasteiger charge is 2.05. The van der Waals surface area contributed by atoms with Crippen LogP contribution in [0.25, 0.3) is 0 Å². The summed E-state index contributed by atoms with van der Waals surface area (Å²) < 4.78 is 6.39. The zero-order chi connectivity index (χ0) is 12.0. The number of benzene rings is 1. The van der Waals surface area contributed by atoms with Gasteiger partial charge in [-0.05, 0) is 25.1 Å². The minimum absolute atomic E-state index is 0. The number of hydrogen-bond acceptors (Lipinski definition) is 3. The van der Waals surface area contributed by atoms with E-state index in [2.05, 4.69) is 21.2 Å². The lowest BCUT2D eigenvalue weighted by Crippen LogP contribution is -2.40. The zero-order valence-electron chi connectivity index (χ0n) is 9.48. The van der Waals surface area contributed by atoms with Gasteiger partial charge in [-0.2, -0.15) is 0 Å². The Kier molecular flexibility index (Phi) is 7.95. The summed E-state index contributed by atoms with van der Waals surface area (Å²) in [5.41, 5.74) is 5.39. The first-order valence-corrected chi connectivity index (χ1v) is 5.80. The highest BCUT2D eigenvalue weighted by molar-refractivity contribution is 9.10. The summed E-state index contributed by atoms with van der Waals surface area (Å²) in [6.07, 6.45) is 0. The van der Waals surface area contributed by atoms with Crippen LogP contribution in [0.3, 0.4) is 0 Å². The summed E-state index contributed by atoms with van der Waals surface area (Å²) in [5.74, 6) is 0.599. The van der Waals surface area contributed by atoms with Crippen LogP contribution >= 0.6 is 28.3 Å². The average Bonchev–Trinajstić information content (AvgIpc) is 2.24. The van der Waals surface area contributed by atoms with Gasteiger partial charge in [0.2, 0.25) is 5.91 Å². The number of carbonyl (C=O) groups is 1. The van der Waals surface area contributed by atoms with E-state index >= 15 is 0 Å². The molecule has 1 atom stereocenters. The van der Waals surface area contributed by atoms with Crippen molar-refractivity contribution in [1.82, 2.24) is 5.32 Å². The summed E-state index contributed by atoms with van der Waals surface area (Å²) in [6, 6.07) is 7.06. The van der Waals surface area contributed by atoms with Crippen LogP contribution in [-0.4, -0.2) is 25.1 Å². The molecule has 0 heterocycles. The molecule has 96 valence electrons. The lowest BCUT2D eigenvalue weighted by Gasteiger charge is -2.09. The topological polar surface area (TPSA) is 64.4 Å². The van der Waals surface area contributed by atoms with Gasteiger partial charge in [0.15, 0.2) is 0 Å². The van der Waals surface area contributed by atoms with Crippen molar-refractivity contribution in [2.75, 3.05) is 13.2 Å². The third-order valence-electron chi connectivity index (χ3n) is 1.88. The van der Waals surface area contributed by atoms with Gasteiger partial charge in [0.25, 0.3) is 0 Å². The molecule has 0 radical (unpaired) electrons. The second kappa shape index (κ2) is 8.33. The van der Waals surface area contributed by atoms with Crippen molar-refractivity contribution in [3.63, 3.8) is 0 Å². The second-order valence-corrected chi connectivity index (χ2v) is 4.30. The molecule has 0 bridgehead atoms. The van der Waals surface area contributed by atoms with E-state index in [1.165, 1.54) is 0 Å². The van der Waals surface area contributed by atoms with Crippen molar-refractivity contribution >= 4 is 34.2 Å². The maximum atomic E-state index is 11.1. The van der Waals surface area contributed by atoms with Crippen molar-refractivity contribution in [3.8, 4) is 5.75 Å². The largest absolute Gasteiger partial charge is 0.492 e. The number of ether oxygens (including phenoxy) is 1. The summed E-state index contributed by atoms with van der Waals surface area (Å²) in [5, 5.41) is 2.67. The molecule has 1 amide bonds. The lowest BCUT2D eigenvalue weighted by atomic mass is 10.3. The molecule has 0 aliphatic rings. The Morgan fingerprint density at radius 1 is 1.59 bits per heavy atom. The molecule has 4 nitrogen and oxygen atoms in total. The molecule has 6 heteroatoms. The van der Waals surface area contributed by atoms with E-state index in [1.807, 2.05) is 24.3 Å². The summed E-state index contributed by atoms with van der Waals surface area (Å²) in [6.45, 7) is 2.52. The third kappa shape index (κ3) is 6.51. The normalized spacial score (nSPS) is 11.2. The average molecular weight is 324 g/mol. The van der Waals surface area contributed by atoms with Gasteiger partial charge in [0.05, 0.1) is 12.6 Å². The molecule has 1 rings (SSSR count). The molecule has 0 aromatic heterocycles. The number of nitrogens with one attached hydrogen (secondary N) is 1. The monoisotopic (exact) mass is 322 g/mol. The fourth-order valence-corrected chi connectivity index (χ4v) is 1.44. The number of halogens is 2. The predicted octanol–water partition coefficient (Wildman–Crippen LogP) is 1.71. The van der Waals surface area contributed by atoms with Gasteiger partial charge < -0.3 is 15.8 Å². The maximum Gasteiger partial charge on any atom is 0.236 e. The lowest BCUT2D eigenvalue weighted by molar-refractivity contribution is -0.122. The van der Waals surface area contributed by atoms with Crippen LogP contribution in [0.4, 0.5) is 0 Å². The van der Waals surface area contributed by atoms with Crippen LogP contribution in [-0.2, 0) is 4.79 Å². The Morgan fingerprint density at radius 3 is 2.88 bits per heavy atom. The van der Waals surface area contributed by atoms with E-state index < -0.39 is 6.04 Å². The molecule has 3 N–H and O–H groups in total. The smallest absolute Gasteiger partial charge is 0.236 e. The Hall–Kier alpha value is -0.780. The Labute approximate surface area is 115 Å². The highest BCUT2D eigenvalue weighted by Crippen LogP contribution is 2.17. The molecular weight excluding hydrogens is 307 g/mol. The van der Waals surface area contributed by atoms with Gasteiger partial charge in [-0.15, -0.1) is 12.4 Å². The van der Waals surface area contributed by atoms with Crippen LogP contribution in [0.5, 0.6) is 5.75 Å². The van der Waals surface area contributed by atoms with Crippen molar-refractivity contribution < 1.29 is 9.53 Å². The predicted molar refractivity (Wildman–Crippen MR) is 73.5 cm³/mol. The maximum absolute atomic E-state index is 11.1. The van der Waals surface area contributed by atoms with Crippen molar-refractivity contribution in [3.05, 3.63) is 28.7 Å². The van der Waals surface area contributed by atoms with Gasteiger partial charge in [-0.1, -0.05) is 22.0 Å². The number of rotatable bonds is 5. The Balaban J connectivity index is 0.00000256. The quantitative estimate of drug-likeness (QED) is 0.811. The molecule has 0 fully saturated rings. The second-order valence-electron chi connectivity index (χ2n) is 3.39. The molecular formula is C11H16BrClN2O2. The Bertz CT molecular complexity index is 361. The first kappa shape index (κ1) is 16.2. The van der Waals surface area contributed by atoms with Crippen LogP contribution < -0.4 is 15.8 Å². The molecule has 0 saturated heterocycles. The molecule has 0 saturated carbocycles. The van der Waals surface area contributed by atoms with E-state index in [9.17, 15) is 4.79 Å². The van der Waals surface area contributed by atoms with Crippen LogP contribution in [0.15, 0.2) is 28.7 Å². The Morgan fingerprint density at radius 2 is 2.29 bits per heavy atom. The summed E-state index contributed by atoms with van der Waals surface area (Å²) in [4.78, 5) is 11.1. The molecule has 0 unspecified atom stereocenters. The highest BCUT2D eigenvalue weighted by atomic mass is 79.9. The van der Waals surface area contributed by atoms with Crippen molar-refractivity contribution in [2.24, 2.45) is 5.73 Å². The van der Waals surface area contributed by atoms with Gasteiger partial charge >= 0.3 is 0 Å². The van der Waals surface area contributed by atoms with E-state index in [4.69, 9.17) is 10.5 Å². The number of hydrogen-bond donors (Lipinski definition) is 2. The minimum Gasteiger partial charge on any atom is -0.492 e. The van der Waals surface area contributed by atoms with Gasteiger partial charge in [-0.3, -0.25) is 4.79 Å². The first-order chi connectivity index (χ1) is 7.59. The fraction of sp³-hybridized carbons (Fsp3) is 0.364. The van der Waals surface area contributed by atoms with E-state index in [1.54, 1.807) is 6.92 Å². The molecule has 1 aromatic rings. The fourth-order valence-electron chi connectivity index (χ4n) is 1.06. The van der Waals surface area contributed by atoms with Crippen molar-refractivity contribution in [2.45, 2.75) is 13.0 Å². The SMILES string of the molecule is C[C@@H](N)C(=O)NCCOc1cccc(Br)c1.Cl. The molecule has 0 aliphatic heterocycles. The summed E-state index contributed by atoms with van der Waals surface area (Å²) in [7, 11) is 0. The van der Waals surface area contributed by atoms with E-state index in [-0.39, 0.29) is 18.3 Å². The standard InChI is InChI=1S/C11H15BrN2O2.ClH/c1-8(13)11(15)14-5-6-16-10-4-2-3-9(12)7-10;/h2-4,7-8H,5-6,13H2,1H3,(H,14,15);1H/t8-;/m1./s1. The number of amides is 1. The van der Waals surface area contributed by atoms with Crippen LogP contribution in [0.1, 0.15) is 6.92 Å². The number of carbonyl (C=O) groups excluding carboxylic acids is 1. The molecule has 0 aliphatic carbocycles. The molecule has 1 aromatic carbocycles. The zero-order valence-corrected chi connectivity index (χ0v) is 11.9. The number of nitrogens with two attached hydrogens (primary N) is 1. The van der Waals surface area contributed by atoms with Gasteiger partial charge in [0.1, 0.15) is 12.4 Å². The first-order valence-electron chi connectivity index (χ1n) is 5.01. The van der Waals surface area contributed by atoms with E-state index in [0.717, 1.165) is 10.2 Å². The van der Waals surface area contributed by atoms with Gasteiger partial charge in [-0.25, -0.2) is 0 Å². The van der Waals surface area contributed by atoms with Crippen molar-refractivity contribution in [1.29, 1.82) is 0 Å². The van der Waals surface area contributed by atoms with E-state index in [0.29, 0.717) is 13.2 Å². The molecule has 0 spiro atoms. The van der Waals surface area contributed by atoms with Gasteiger partial charge in [0, 0.05) is 4.47 Å².